The summed E-state index contributed by atoms with van der Waals surface area (Å²) in [5.74, 6) is 2.11. The molecule has 0 aliphatic heterocycles. The van der Waals surface area contributed by atoms with Crippen LogP contribution in [-0.2, 0) is 10.0 Å². The van der Waals surface area contributed by atoms with Crippen molar-refractivity contribution >= 4 is 49.7 Å². The zero-order chi connectivity index (χ0) is 11.6. The van der Waals surface area contributed by atoms with Crippen LogP contribution in [0.1, 0.15) is 5.56 Å². The fourth-order valence-corrected chi connectivity index (χ4v) is 1.51. The van der Waals surface area contributed by atoms with Crippen LogP contribution in [-0.4, -0.2) is 13.3 Å². The van der Waals surface area contributed by atoms with Crippen molar-refractivity contribution < 1.29 is 13.3 Å². The molecule has 1 rings (SSSR count). The Balaban J connectivity index is 0. The van der Waals surface area contributed by atoms with E-state index in [9.17, 15) is 18.5 Å². The van der Waals surface area contributed by atoms with Crippen molar-refractivity contribution in [1.82, 2.24) is 0 Å². The van der Waals surface area contributed by atoms with Crippen LogP contribution in [0.2, 0.25) is 0 Å². The molecular weight excluding hydrogens is 380 g/mol. The number of nitrogens with zero attached hydrogens (tertiary/aromatic N) is 1. The summed E-state index contributed by atoms with van der Waals surface area (Å²) in [5, 5.41) is 15.3. The highest BCUT2D eigenvalue weighted by Gasteiger charge is 2.15. The lowest BCUT2D eigenvalue weighted by Crippen LogP contribution is -2.12. The minimum absolute atomic E-state index is 0. The first-order valence-corrected chi connectivity index (χ1v) is 5.18. The molecule has 9 heteroatoms. The van der Waals surface area contributed by atoms with E-state index >= 15 is 0 Å². The second kappa shape index (κ2) is 6.70. The minimum Gasteiger partial charge on any atom is -0.258 e. The largest absolute Gasteiger partial charge is 0.272 e. The van der Waals surface area contributed by atoms with Gasteiger partial charge in [-0.2, -0.15) is 0 Å². The van der Waals surface area contributed by atoms with Crippen LogP contribution in [0.25, 0.3) is 0 Å². The van der Waals surface area contributed by atoms with E-state index in [2.05, 4.69) is 5.92 Å². The fourth-order valence-electron chi connectivity index (χ4n) is 0.936. The Morgan fingerprint density at radius 1 is 1.29 bits per heavy atom. The van der Waals surface area contributed by atoms with Crippen molar-refractivity contribution in [3.63, 3.8) is 0 Å². The van der Waals surface area contributed by atoms with Crippen LogP contribution in [0.15, 0.2) is 23.1 Å². The van der Waals surface area contributed by atoms with Crippen LogP contribution >= 0.6 is 34.0 Å². The van der Waals surface area contributed by atoms with Crippen molar-refractivity contribution in [2.45, 2.75) is 4.90 Å². The molecular formula is C8H8Br2N2O4S. The molecule has 0 aromatic heterocycles. The van der Waals surface area contributed by atoms with Crippen molar-refractivity contribution in [2.24, 2.45) is 5.14 Å². The number of nitro groups is 1. The van der Waals surface area contributed by atoms with Gasteiger partial charge in [-0.15, -0.1) is 40.4 Å². The Hall–Kier alpha value is -0.950. The van der Waals surface area contributed by atoms with Gasteiger partial charge in [-0.1, -0.05) is 5.92 Å². The molecule has 0 bridgehead atoms. The number of sulfonamides is 1. The van der Waals surface area contributed by atoms with Gasteiger partial charge in [0.1, 0.15) is 0 Å². The van der Waals surface area contributed by atoms with Crippen LogP contribution < -0.4 is 5.14 Å². The first kappa shape index (κ1) is 18.4. The van der Waals surface area contributed by atoms with Crippen molar-refractivity contribution in [2.75, 3.05) is 0 Å². The quantitative estimate of drug-likeness (QED) is 0.470. The van der Waals surface area contributed by atoms with E-state index in [1.807, 2.05) is 0 Å². The second-order valence-corrected chi connectivity index (χ2v) is 4.22. The summed E-state index contributed by atoms with van der Waals surface area (Å²) in [7, 11) is -3.99. The Morgan fingerprint density at radius 2 is 1.82 bits per heavy atom. The van der Waals surface area contributed by atoms with Gasteiger partial charge in [-0.25, -0.2) is 13.6 Å². The number of non-ortho nitro benzene ring substituents is 1. The lowest BCUT2D eigenvalue weighted by molar-refractivity contribution is -0.385. The summed E-state index contributed by atoms with van der Waals surface area (Å²) in [6.07, 6.45) is 5.02. The average molecular weight is 388 g/mol. The van der Waals surface area contributed by atoms with Gasteiger partial charge in [-0.05, 0) is 6.07 Å². The standard InChI is InChI=1S/C8H6N2O4S.2BrH/c1-2-6-3-7(10(11)12)5-8(4-6)15(9,13)14;;/h1,3-5H,(H2,9,13,14);2*1H. The molecule has 0 atom stereocenters. The molecule has 0 saturated carbocycles. The van der Waals surface area contributed by atoms with Crippen molar-refractivity contribution in [3.8, 4) is 12.3 Å². The van der Waals surface area contributed by atoms with Gasteiger partial charge < -0.3 is 0 Å². The summed E-state index contributed by atoms with van der Waals surface area (Å²) >= 11 is 0. The van der Waals surface area contributed by atoms with E-state index in [1.165, 1.54) is 0 Å². The number of nitro benzene ring substituents is 1. The first-order chi connectivity index (χ1) is 6.84. The smallest absolute Gasteiger partial charge is 0.258 e. The van der Waals surface area contributed by atoms with E-state index in [0.29, 0.717) is 0 Å². The highest BCUT2D eigenvalue weighted by molar-refractivity contribution is 8.93. The van der Waals surface area contributed by atoms with Gasteiger partial charge in [-0.3, -0.25) is 10.1 Å². The third-order valence-corrected chi connectivity index (χ3v) is 2.49. The Labute approximate surface area is 119 Å². The number of hydrogen-bond acceptors (Lipinski definition) is 4. The zero-order valence-corrected chi connectivity index (χ0v) is 12.4. The van der Waals surface area contributed by atoms with E-state index in [0.717, 1.165) is 18.2 Å². The third-order valence-electron chi connectivity index (χ3n) is 1.60. The normalized spacial score (nSPS) is 9.41. The monoisotopic (exact) mass is 386 g/mol. The van der Waals surface area contributed by atoms with E-state index in [4.69, 9.17) is 11.6 Å². The molecule has 0 fully saturated rings. The number of rotatable bonds is 2. The zero-order valence-electron chi connectivity index (χ0n) is 8.19. The molecule has 0 amide bonds. The van der Waals surface area contributed by atoms with Crippen molar-refractivity contribution in [1.29, 1.82) is 0 Å². The minimum atomic E-state index is -3.99. The molecule has 0 heterocycles. The van der Waals surface area contributed by atoms with Gasteiger partial charge in [0.15, 0.2) is 0 Å². The maximum Gasteiger partial charge on any atom is 0.272 e. The SMILES string of the molecule is Br.Br.C#Cc1cc([N+](=O)[O-])cc(S(N)(=O)=O)c1. The number of halogens is 2. The van der Waals surface area contributed by atoms with Gasteiger partial charge in [0, 0.05) is 17.7 Å². The predicted octanol–water partition coefficient (Wildman–Crippen LogP) is 1.38. The first-order valence-electron chi connectivity index (χ1n) is 3.63. The van der Waals surface area contributed by atoms with Gasteiger partial charge in [0.05, 0.1) is 9.82 Å². The molecule has 1 aromatic carbocycles. The lowest BCUT2D eigenvalue weighted by atomic mass is 10.2. The molecule has 0 radical (unpaired) electrons. The van der Waals surface area contributed by atoms with Crippen LogP contribution in [0.5, 0.6) is 0 Å². The maximum absolute atomic E-state index is 11.0. The summed E-state index contributed by atoms with van der Waals surface area (Å²) in [5.41, 5.74) is -0.317. The second-order valence-electron chi connectivity index (χ2n) is 2.66. The number of hydrogen-bond donors (Lipinski definition) is 1. The van der Waals surface area contributed by atoms with Crippen molar-refractivity contribution in [3.05, 3.63) is 33.9 Å². The lowest BCUT2D eigenvalue weighted by Gasteiger charge is -1.99. The number of primary sulfonamides is 1. The molecule has 17 heavy (non-hydrogen) atoms. The fraction of sp³-hybridized carbons (Fsp3) is 0. The molecule has 6 nitrogen and oxygen atoms in total. The highest BCUT2D eigenvalue weighted by Crippen LogP contribution is 2.19. The number of benzene rings is 1. The Kier molecular flexibility index (Phi) is 7.26. The van der Waals surface area contributed by atoms with Crippen LogP contribution in [0.4, 0.5) is 5.69 Å². The summed E-state index contributed by atoms with van der Waals surface area (Å²) < 4.78 is 21.9. The van der Waals surface area contributed by atoms with Gasteiger partial charge >= 0.3 is 0 Å². The summed E-state index contributed by atoms with van der Waals surface area (Å²) in [4.78, 5) is 9.34. The molecule has 0 spiro atoms. The number of nitrogens with two attached hydrogens (primary N) is 1. The van der Waals surface area contributed by atoms with E-state index < -0.39 is 20.6 Å². The van der Waals surface area contributed by atoms with Gasteiger partial charge in [0.25, 0.3) is 5.69 Å². The van der Waals surface area contributed by atoms with Crippen LogP contribution in [0, 0.1) is 22.5 Å². The number of terminal acetylenes is 1. The molecule has 94 valence electrons. The molecule has 0 unspecified atom stereocenters. The summed E-state index contributed by atoms with van der Waals surface area (Å²) in [6, 6.07) is 3.05. The summed E-state index contributed by atoms with van der Waals surface area (Å²) in [6.45, 7) is 0. The van der Waals surface area contributed by atoms with Crippen LogP contribution in [0.3, 0.4) is 0 Å². The predicted molar refractivity (Wildman–Crippen MR) is 73.0 cm³/mol. The highest BCUT2D eigenvalue weighted by atomic mass is 79.9. The topological polar surface area (TPSA) is 103 Å². The maximum atomic E-state index is 11.0. The Morgan fingerprint density at radius 3 is 2.18 bits per heavy atom. The van der Waals surface area contributed by atoms with E-state index in [-0.39, 0.29) is 44.4 Å². The molecule has 0 saturated heterocycles. The molecule has 1 aromatic rings. The average Bonchev–Trinajstić information content (AvgIpc) is 2.15. The van der Waals surface area contributed by atoms with E-state index in [1.54, 1.807) is 0 Å². The molecule has 0 aliphatic rings. The third kappa shape index (κ3) is 4.82. The molecule has 2 N–H and O–H groups in total. The molecule has 0 aliphatic carbocycles. The van der Waals surface area contributed by atoms with Gasteiger partial charge in [0.2, 0.25) is 10.0 Å². The Bertz CT molecular complexity index is 565.